The van der Waals surface area contributed by atoms with E-state index in [0.717, 1.165) is 16.7 Å². The molecular formula is C24H32ClN8O6P. The van der Waals surface area contributed by atoms with Crippen LogP contribution in [0.2, 0.25) is 5.28 Å². The third kappa shape index (κ3) is 6.56. The molecule has 0 bridgehead atoms. The van der Waals surface area contributed by atoms with Gasteiger partial charge in [-0.15, -0.1) is 0 Å². The smallest absolute Gasteiger partial charge is 0.327 e. The fourth-order valence-electron chi connectivity index (χ4n) is 4.82. The Kier molecular flexibility index (Phi) is 9.33. The molecule has 16 heteroatoms. The van der Waals surface area contributed by atoms with E-state index in [1.165, 1.54) is 13.0 Å². The van der Waals surface area contributed by atoms with E-state index in [9.17, 15) is 9.67 Å². The number of nitrogens with zero attached hydrogens (tertiary/aromatic N) is 7. The van der Waals surface area contributed by atoms with E-state index in [0.29, 0.717) is 11.2 Å². The zero-order valence-electron chi connectivity index (χ0n) is 22.6. The van der Waals surface area contributed by atoms with Crippen molar-refractivity contribution in [2.75, 3.05) is 32.2 Å². The van der Waals surface area contributed by atoms with Gasteiger partial charge in [-0.2, -0.15) is 9.97 Å². The molecule has 3 aromatic rings. The third-order valence-corrected chi connectivity index (χ3v) is 8.12. The van der Waals surface area contributed by atoms with Crippen molar-refractivity contribution in [1.82, 2.24) is 19.5 Å². The Balaban J connectivity index is 1.61. The minimum atomic E-state index is -3.35. The molecule has 0 radical (unpaired) electrons. The SMILES string of the molecule is CCOP(C)(=O)OC[C@H]1O[C@@H](n2cnc3c(N)nc(Cl)nc32)[C@@](C)(COCc2cc(C)cc(CN=[N+]=[N-])c2)C1O. The van der Waals surface area contributed by atoms with Crippen molar-refractivity contribution >= 4 is 36.2 Å². The molecule has 4 rings (SSSR count). The standard InChI is InChI=1S/C24H32ClN8O6P/c1-5-37-40(4,35)38-11-17-19(34)24(3,12-36-10-16-7-14(2)6-15(8-16)9-29-32-27)22(39-17)33-13-28-18-20(26)30-23(25)31-21(18)33/h6-8,13,17,19,22,34H,5,9-12H2,1-4H3,(H2,26,30,31)/t17-,19?,22-,24+,40?/m1/s1. The number of ether oxygens (including phenoxy) is 2. The number of aromatic nitrogens is 4. The zero-order chi connectivity index (χ0) is 29.1. The van der Waals surface area contributed by atoms with Gasteiger partial charge in [-0.05, 0) is 42.1 Å². The van der Waals surface area contributed by atoms with Crippen molar-refractivity contribution in [3.63, 3.8) is 0 Å². The van der Waals surface area contributed by atoms with E-state index in [1.807, 2.05) is 25.1 Å². The number of hydrogen-bond donors (Lipinski definition) is 2. The quantitative estimate of drug-likeness (QED) is 0.0988. The average Bonchev–Trinajstić information content (AvgIpc) is 3.40. The number of nitrogens with two attached hydrogens (primary N) is 1. The first kappa shape index (κ1) is 30.2. The molecule has 1 aliphatic rings. The predicted molar refractivity (Wildman–Crippen MR) is 148 cm³/mol. The van der Waals surface area contributed by atoms with Gasteiger partial charge in [0.2, 0.25) is 5.28 Å². The summed E-state index contributed by atoms with van der Waals surface area (Å²) in [6.07, 6.45) is -1.34. The molecule has 1 aromatic carbocycles. The van der Waals surface area contributed by atoms with E-state index < -0.39 is 31.4 Å². The zero-order valence-corrected chi connectivity index (χ0v) is 24.2. The Labute approximate surface area is 235 Å². The van der Waals surface area contributed by atoms with Gasteiger partial charge >= 0.3 is 7.60 Å². The summed E-state index contributed by atoms with van der Waals surface area (Å²) in [7, 11) is -3.35. The molecule has 3 N–H and O–H groups in total. The van der Waals surface area contributed by atoms with Gasteiger partial charge in [-0.3, -0.25) is 9.13 Å². The van der Waals surface area contributed by atoms with E-state index >= 15 is 0 Å². The van der Waals surface area contributed by atoms with Gasteiger partial charge in [0.1, 0.15) is 17.8 Å². The fraction of sp³-hybridized carbons (Fsp3) is 0.542. The number of aryl methyl sites for hydroxylation is 1. The third-order valence-electron chi connectivity index (χ3n) is 6.60. The number of benzene rings is 1. The van der Waals surface area contributed by atoms with Gasteiger partial charge in [0, 0.05) is 11.6 Å². The average molecular weight is 595 g/mol. The van der Waals surface area contributed by atoms with Gasteiger partial charge < -0.3 is 29.4 Å². The summed E-state index contributed by atoms with van der Waals surface area (Å²) in [4.78, 5) is 15.4. The molecule has 1 aliphatic heterocycles. The number of aliphatic hydroxyl groups excluding tert-OH is 1. The first-order valence-corrected chi connectivity index (χ1v) is 14.9. The lowest BCUT2D eigenvalue weighted by atomic mass is 9.83. The number of halogens is 1. The molecule has 5 atom stereocenters. The molecule has 0 aliphatic carbocycles. The van der Waals surface area contributed by atoms with E-state index in [4.69, 9.17) is 41.4 Å². The van der Waals surface area contributed by atoms with Gasteiger partial charge in [0.05, 0.1) is 50.8 Å². The lowest BCUT2D eigenvalue weighted by Gasteiger charge is -2.33. The van der Waals surface area contributed by atoms with Crippen molar-refractivity contribution in [1.29, 1.82) is 0 Å². The summed E-state index contributed by atoms with van der Waals surface area (Å²) >= 11 is 6.08. The number of nitrogen functional groups attached to an aromatic ring is 1. The lowest BCUT2D eigenvalue weighted by molar-refractivity contribution is -0.0736. The minimum absolute atomic E-state index is 0.0537. The summed E-state index contributed by atoms with van der Waals surface area (Å²) in [6, 6.07) is 5.80. The van der Waals surface area contributed by atoms with Crippen LogP contribution >= 0.6 is 19.2 Å². The highest BCUT2D eigenvalue weighted by atomic mass is 35.5. The predicted octanol–water partition coefficient (Wildman–Crippen LogP) is 4.54. The number of rotatable bonds is 12. The second-order valence-corrected chi connectivity index (χ2v) is 12.3. The van der Waals surface area contributed by atoms with Crippen LogP contribution in [0.15, 0.2) is 29.6 Å². The number of hydrogen-bond acceptors (Lipinski definition) is 11. The van der Waals surface area contributed by atoms with Crippen LogP contribution in [0, 0.1) is 12.3 Å². The van der Waals surface area contributed by atoms with Crippen LogP contribution in [0.1, 0.15) is 36.8 Å². The number of aliphatic hydroxyl groups is 1. The fourth-order valence-corrected chi connectivity index (χ4v) is 5.96. The Morgan fingerprint density at radius 2 is 2.08 bits per heavy atom. The molecule has 1 saturated heterocycles. The van der Waals surface area contributed by atoms with Crippen LogP contribution in [-0.2, 0) is 36.2 Å². The topological polar surface area (TPSA) is 193 Å². The second kappa shape index (κ2) is 12.4. The largest absolute Gasteiger partial charge is 0.389 e. The summed E-state index contributed by atoms with van der Waals surface area (Å²) in [5.41, 5.74) is 17.0. The Morgan fingerprint density at radius 1 is 1.32 bits per heavy atom. The molecule has 40 heavy (non-hydrogen) atoms. The monoisotopic (exact) mass is 594 g/mol. The number of imidazole rings is 1. The van der Waals surface area contributed by atoms with Gasteiger partial charge in [-0.1, -0.05) is 35.8 Å². The van der Waals surface area contributed by atoms with E-state index in [2.05, 4.69) is 25.0 Å². The lowest BCUT2D eigenvalue weighted by Crippen LogP contribution is -2.42. The van der Waals surface area contributed by atoms with Crippen molar-refractivity contribution in [3.05, 3.63) is 56.9 Å². The highest BCUT2D eigenvalue weighted by Crippen LogP contribution is 2.49. The van der Waals surface area contributed by atoms with Gasteiger partial charge in [0.15, 0.2) is 11.5 Å². The maximum Gasteiger partial charge on any atom is 0.327 e. The molecule has 3 heterocycles. The van der Waals surface area contributed by atoms with Crippen LogP contribution in [-0.4, -0.2) is 63.3 Å². The van der Waals surface area contributed by atoms with Gasteiger partial charge in [-0.25, -0.2) is 4.98 Å². The Bertz CT molecular complexity index is 1470. The van der Waals surface area contributed by atoms with Crippen molar-refractivity contribution in [2.24, 2.45) is 10.5 Å². The van der Waals surface area contributed by atoms with Crippen molar-refractivity contribution in [3.8, 4) is 0 Å². The Hall–Kier alpha value is -2.80. The number of anilines is 1. The maximum atomic E-state index is 12.6. The molecule has 0 spiro atoms. The van der Waals surface area contributed by atoms with Crippen LogP contribution < -0.4 is 5.73 Å². The number of fused-ring (bicyclic) bond motifs is 1. The molecule has 2 unspecified atom stereocenters. The summed E-state index contributed by atoms with van der Waals surface area (Å²) in [5.74, 6) is 0.102. The minimum Gasteiger partial charge on any atom is -0.389 e. The van der Waals surface area contributed by atoms with Crippen LogP contribution in [0.3, 0.4) is 0 Å². The summed E-state index contributed by atoms with van der Waals surface area (Å²) in [6.45, 7) is 7.34. The second-order valence-electron chi connectivity index (χ2n) is 9.87. The highest BCUT2D eigenvalue weighted by molar-refractivity contribution is 7.52. The summed E-state index contributed by atoms with van der Waals surface area (Å²) < 4.78 is 37.3. The maximum absolute atomic E-state index is 12.6. The first-order chi connectivity index (χ1) is 19.0. The molecule has 1 fully saturated rings. The van der Waals surface area contributed by atoms with Crippen LogP contribution in [0.5, 0.6) is 0 Å². The molecule has 0 saturated carbocycles. The van der Waals surface area contributed by atoms with Crippen LogP contribution in [0.4, 0.5) is 5.82 Å². The molecule has 0 amide bonds. The molecule has 216 valence electrons. The first-order valence-electron chi connectivity index (χ1n) is 12.5. The number of azide groups is 1. The van der Waals surface area contributed by atoms with Crippen molar-refractivity contribution < 1.29 is 28.2 Å². The Morgan fingerprint density at radius 3 is 2.80 bits per heavy atom. The van der Waals surface area contributed by atoms with E-state index in [-0.39, 0.29) is 44.1 Å². The molecule has 14 nitrogen and oxygen atoms in total. The van der Waals surface area contributed by atoms with Crippen molar-refractivity contribution in [2.45, 2.75) is 52.4 Å². The normalized spacial score (nSPS) is 24.2. The summed E-state index contributed by atoms with van der Waals surface area (Å²) in [5, 5.41) is 15.1. The molecule has 2 aromatic heterocycles. The highest BCUT2D eigenvalue weighted by Gasteiger charge is 2.55. The molecular weight excluding hydrogens is 563 g/mol. The van der Waals surface area contributed by atoms with Crippen LogP contribution in [0.25, 0.3) is 21.6 Å². The van der Waals surface area contributed by atoms with E-state index in [1.54, 1.807) is 18.4 Å². The van der Waals surface area contributed by atoms with Gasteiger partial charge in [0.25, 0.3) is 0 Å².